The van der Waals surface area contributed by atoms with Crippen molar-refractivity contribution in [2.45, 2.75) is 66.2 Å². The Kier molecular flexibility index (Phi) is 4.94. The molecule has 0 bridgehead atoms. The van der Waals surface area contributed by atoms with Crippen molar-refractivity contribution in [1.82, 2.24) is 9.97 Å². The molecule has 22 heavy (non-hydrogen) atoms. The smallest absolute Gasteiger partial charge is 0.229 e. The molecule has 0 unspecified atom stereocenters. The van der Waals surface area contributed by atoms with Crippen LogP contribution in [0.2, 0.25) is 0 Å². The first-order valence-corrected chi connectivity index (χ1v) is 8.03. The Morgan fingerprint density at radius 1 is 1.23 bits per heavy atom. The first-order chi connectivity index (χ1) is 10.3. The number of hydrogen-bond donors (Lipinski definition) is 1. The Bertz CT molecular complexity index is 594. The molecule has 0 spiro atoms. The lowest BCUT2D eigenvalue weighted by Crippen LogP contribution is -2.29. The van der Waals surface area contributed by atoms with Crippen LogP contribution < -0.4 is 5.32 Å². The fraction of sp³-hybridized carbons (Fsp3) is 0.647. The zero-order valence-electron chi connectivity index (χ0n) is 14.0. The highest BCUT2D eigenvalue weighted by atomic mass is 16.1. The molecule has 0 fully saturated rings. The third kappa shape index (κ3) is 3.90. The standard InChI is InChI=1S/C17H25N3O2/c1-5-6-7-8-14(22)20-16-18-11(2)15-12(19-16)9-17(3,4)10-13(15)21/h5-10H2,1-4H3,(H,18,19,20,22). The van der Waals surface area contributed by atoms with E-state index in [1.54, 1.807) is 0 Å². The summed E-state index contributed by atoms with van der Waals surface area (Å²) in [7, 11) is 0. The van der Waals surface area contributed by atoms with Gasteiger partial charge in [-0.2, -0.15) is 0 Å². The van der Waals surface area contributed by atoms with E-state index >= 15 is 0 Å². The van der Waals surface area contributed by atoms with Crippen molar-refractivity contribution in [3.8, 4) is 0 Å². The fourth-order valence-electron chi connectivity index (χ4n) is 2.94. The first-order valence-electron chi connectivity index (χ1n) is 8.03. The van der Waals surface area contributed by atoms with Crippen molar-refractivity contribution in [2.24, 2.45) is 5.41 Å². The monoisotopic (exact) mass is 303 g/mol. The van der Waals surface area contributed by atoms with Crippen LogP contribution in [-0.2, 0) is 11.2 Å². The molecule has 0 atom stereocenters. The number of nitrogens with one attached hydrogen (secondary N) is 1. The first kappa shape index (κ1) is 16.6. The maximum absolute atomic E-state index is 12.3. The molecule has 1 amide bonds. The second kappa shape index (κ2) is 6.55. The van der Waals surface area contributed by atoms with E-state index in [9.17, 15) is 9.59 Å². The number of hydrogen-bond acceptors (Lipinski definition) is 4. The van der Waals surface area contributed by atoms with Crippen LogP contribution in [0, 0.1) is 12.3 Å². The van der Waals surface area contributed by atoms with Crippen molar-refractivity contribution in [3.05, 3.63) is 17.0 Å². The van der Waals surface area contributed by atoms with E-state index in [0.717, 1.165) is 31.4 Å². The zero-order valence-corrected chi connectivity index (χ0v) is 14.0. The summed E-state index contributed by atoms with van der Waals surface area (Å²) < 4.78 is 0. The van der Waals surface area contributed by atoms with Gasteiger partial charge in [0.15, 0.2) is 5.78 Å². The Morgan fingerprint density at radius 2 is 1.95 bits per heavy atom. The minimum absolute atomic E-state index is 0.0609. The summed E-state index contributed by atoms with van der Waals surface area (Å²) in [6.45, 7) is 8.04. The Hall–Kier alpha value is -1.78. The van der Waals surface area contributed by atoms with Crippen LogP contribution in [0.25, 0.3) is 0 Å². The number of aryl methyl sites for hydroxylation is 1. The predicted molar refractivity (Wildman–Crippen MR) is 86.0 cm³/mol. The second-order valence-electron chi connectivity index (χ2n) is 6.90. The van der Waals surface area contributed by atoms with E-state index < -0.39 is 0 Å². The van der Waals surface area contributed by atoms with Crippen molar-refractivity contribution in [1.29, 1.82) is 0 Å². The molecule has 1 aliphatic rings. The number of fused-ring (bicyclic) bond motifs is 1. The lowest BCUT2D eigenvalue weighted by Gasteiger charge is -2.30. The van der Waals surface area contributed by atoms with Crippen LogP contribution in [-0.4, -0.2) is 21.7 Å². The number of carbonyl (C=O) groups excluding carboxylic acids is 2. The van der Waals surface area contributed by atoms with Gasteiger partial charge in [-0.05, 0) is 25.2 Å². The SMILES string of the molecule is CCCCCC(=O)Nc1nc(C)c2c(n1)CC(C)(C)CC2=O. The molecule has 0 aliphatic heterocycles. The zero-order chi connectivity index (χ0) is 16.3. The molecular weight excluding hydrogens is 278 g/mol. The average molecular weight is 303 g/mol. The van der Waals surface area contributed by atoms with Crippen LogP contribution >= 0.6 is 0 Å². The van der Waals surface area contributed by atoms with Crippen LogP contribution in [0.4, 0.5) is 5.95 Å². The summed E-state index contributed by atoms with van der Waals surface area (Å²) in [5.74, 6) is 0.363. The maximum Gasteiger partial charge on any atom is 0.229 e. The summed E-state index contributed by atoms with van der Waals surface area (Å²) >= 11 is 0. The number of amides is 1. The molecule has 5 nitrogen and oxygen atoms in total. The van der Waals surface area contributed by atoms with Crippen molar-refractivity contribution < 1.29 is 9.59 Å². The number of aromatic nitrogens is 2. The summed E-state index contributed by atoms with van der Waals surface area (Å²) in [5.41, 5.74) is 1.98. The summed E-state index contributed by atoms with van der Waals surface area (Å²) in [6.07, 6.45) is 4.73. The number of ketones is 1. The van der Waals surface area contributed by atoms with Crippen LogP contribution in [0.5, 0.6) is 0 Å². The van der Waals surface area contributed by atoms with Gasteiger partial charge in [0.05, 0.1) is 17.0 Å². The van der Waals surface area contributed by atoms with Gasteiger partial charge in [-0.15, -0.1) is 0 Å². The summed E-state index contributed by atoms with van der Waals surface area (Å²) in [4.78, 5) is 32.9. The number of Topliss-reactive ketones (excluding diaryl/α,β-unsaturated/α-hetero) is 1. The molecule has 5 heteroatoms. The number of carbonyl (C=O) groups is 2. The van der Waals surface area contributed by atoms with E-state index in [1.165, 1.54) is 0 Å². The van der Waals surface area contributed by atoms with Crippen molar-refractivity contribution >= 4 is 17.6 Å². The van der Waals surface area contributed by atoms with Gasteiger partial charge in [0.2, 0.25) is 11.9 Å². The largest absolute Gasteiger partial charge is 0.295 e. The third-order valence-corrected chi connectivity index (χ3v) is 3.99. The van der Waals surface area contributed by atoms with Gasteiger partial charge in [0.1, 0.15) is 0 Å². The van der Waals surface area contributed by atoms with Crippen molar-refractivity contribution in [3.63, 3.8) is 0 Å². The molecular formula is C17H25N3O2. The minimum atomic E-state index is -0.0900. The molecule has 1 heterocycles. The number of nitrogens with zero attached hydrogens (tertiary/aromatic N) is 2. The molecule has 0 aromatic carbocycles. The number of unbranched alkanes of at least 4 members (excludes halogenated alkanes) is 2. The number of rotatable bonds is 5. The highest BCUT2D eigenvalue weighted by Crippen LogP contribution is 2.35. The Labute approximate surface area is 131 Å². The van der Waals surface area contributed by atoms with Gasteiger partial charge in [0, 0.05) is 12.8 Å². The van der Waals surface area contributed by atoms with Crippen LogP contribution in [0.15, 0.2) is 0 Å². The molecule has 0 saturated carbocycles. The molecule has 120 valence electrons. The molecule has 1 aromatic heterocycles. The van der Waals surface area contributed by atoms with Gasteiger partial charge in [-0.3, -0.25) is 14.9 Å². The van der Waals surface area contributed by atoms with Crippen LogP contribution in [0.1, 0.15) is 74.6 Å². The molecule has 1 N–H and O–H groups in total. The Morgan fingerprint density at radius 3 is 2.64 bits per heavy atom. The van der Waals surface area contributed by atoms with E-state index in [2.05, 4.69) is 36.1 Å². The molecule has 1 aromatic rings. The van der Waals surface area contributed by atoms with Gasteiger partial charge in [-0.25, -0.2) is 9.97 Å². The third-order valence-electron chi connectivity index (χ3n) is 3.99. The quantitative estimate of drug-likeness (QED) is 0.846. The van der Waals surface area contributed by atoms with Gasteiger partial charge in [-0.1, -0.05) is 33.6 Å². The highest BCUT2D eigenvalue weighted by molar-refractivity contribution is 6.00. The van der Waals surface area contributed by atoms with E-state index in [-0.39, 0.29) is 17.1 Å². The number of anilines is 1. The fourth-order valence-corrected chi connectivity index (χ4v) is 2.94. The lowest BCUT2D eigenvalue weighted by atomic mass is 9.75. The topological polar surface area (TPSA) is 72.0 Å². The van der Waals surface area contributed by atoms with Gasteiger partial charge >= 0.3 is 0 Å². The maximum atomic E-state index is 12.3. The molecule has 2 rings (SSSR count). The van der Waals surface area contributed by atoms with Gasteiger partial charge < -0.3 is 0 Å². The molecule has 1 aliphatic carbocycles. The van der Waals surface area contributed by atoms with E-state index in [0.29, 0.717) is 30.0 Å². The summed E-state index contributed by atoms with van der Waals surface area (Å²) in [5, 5.41) is 2.76. The average Bonchev–Trinajstić information content (AvgIpc) is 2.36. The second-order valence-corrected chi connectivity index (χ2v) is 6.90. The minimum Gasteiger partial charge on any atom is -0.295 e. The summed E-state index contributed by atoms with van der Waals surface area (Å²) in [6, 6.07) is 0. The Balaban J connectivity index is 2.17. The van der Waals surface area contributed by atoms with E-state index in [1.807, 2.05) is 6.92 Å². The normalized spacial score (nSPS) is 16.3. The van der Waals surface area contributed by atoms with Gasteiger partial charge in [0.25, 0.3) is 0 Å². The predicted octanol–water partition coefficient (Wildman–Crippen LogP) is 3.46. The lowest BCUT2D eigenvalue weighted by molar-refractivity contribution is -0.116. The van der Waals surface area contributed by atoms with Crippen LogP contribution in [0.3, 0.4) is 0 Å². The molecule has 0 radical (unpaired) electrons. The highest BCUT2D eigenvalue weighted by Gasteiger charge is 2.33. The van der Waals surface area contributed by atoms with Crippen molar-refractivity contribution in [2.75, 3.05) is 5.32 Å². The van der Waals surface area contributed by atoms with E-state index in [4.69, 9.17) is 0 Å². The molecule has 0 saturated heterocycles.